The van der Waals surface area contributed by atoms with Crippen molar-refractivity contribution in [2.75, 3.05) is 0 Å². The SMILES string of the molecule is ClCc1coc(C=Cc2ccco2)n1. The van der Waals surface area contributed by atoms with Crippen molar-refractivity contribution in [2.24, 2.45) is 0 Å². The largest absolute Gasteiger partial charge is 0.465 e. The molecule has 0 spiro atoms. The average molecular weight is 210 g/mol. The fourth-order valence-electron chi connectivity index (χ4n) is 1.00. The van der Waals surface area contributed by atoms with E-state index in [1.165, 1.54) is 6.26 Å². The van der Waals surface area contributed by atoms with Gasteiger partial charge in [0.25, 0.3) is 0 Å². The molecule has 0 saturated carbocycles. The Morgan fingerprint density at radius 3 is 2.93 bits per heavy atom. The van der Waals surface area contributed by atoms with Crippen molar-refractivity contribution in [1.29, 1.82) is 0 Å². The van der Waals surface area contributed by atoms with Gasteiger partial charge in [-0.3, -0.25) is 0 Å². The molecule has 2 heterocycles. The topological polar surface area (TPSA) is 39.2 Å². The Bertz CT molecular complexity index is 417. The lowest BCUT2D eigenvalue weighted by atomic mass is 10.4. The van der Waals surface area contributed by atoms with E-state index in [0.717, 1.165) is 11.5 Å². The summed E-state index contributed by atoms with van der Waals surface area (Å²) in [5, 5.41) is 0. The minimum atomic E-state index is 0.359. The summed E-state index contributed by atoms with van der Waals surface area (Å²) >= 11 is 5.57. The summed E-state index contributed by atoms with van der Waals surface area (Å²) in [6.07, 6.45) is 6.66. The molecule has 0 unspecified atom stereocenters. The first kappa shape index (κ1) is 9.09. The molecule has 0 bridgehead atoms. The lowest BCUT2D eigenvalue weighted by Crippen LogP contribution is -1.75. The van der Waals surface area contributed by atoms with Gasteiger partial charge >= 0.3 is 0 Å². The van der Waals surface area contributed by atoms with Gasteiger partial charge in [-0.2, -0.15) is 0 Å². The number of aromatic nitrogens is 1. The van der Waals surface area contributed by atoms with Crippen LogP contribution in [0.25, 0.3) is 12.2 Å². The predicted molar refractivity (Wildman–Crippen MR) is 53.7 cm³/mol. The normalized spacial score (nSPS) is 11.2. The highest BCUT2D eigenvalue weighted by Crippen LogP contribution is 2.09. The Morgan fingerprint density at radius 2 is 2.29 bits per heavy atom. The molecule has 0 aliphatic rings. The Hall–Kier alpha value is -1.48. The van der Waals surface area contributed by atoms with Crippen LogP contribution in [-0.4, -0.2) is 4.98 Å². The molecule has 0 amide bonds. The number of rotatable bonds is 3. The third-order valence-corrected chi connectivity index (χ3v) is 1.91. The van der Waals surface area contributed by atoms with E-state index in [4.69, 9.17) is 20.4 Å². The van der Waals surface area contributed by atoms with Gasteiger partial charge < -0.3 is 8.83 Å². The van der Waals surface area contributed by atoms with Crippen LogP contribution >= 0.6 is 11.6 Å². The second-order valence-corrected chi connectivity index (χ2v) is 2.93. The second-order valence-electron chi connectivity index (χ2n) is 2.66. The molecule has 0 aliphatic carbocycles. The number of oxazole rings is 1. The summed E-state index contributed by atoms with van der Waals surface area (Å²) in [5.74, 6) is 1.64. The summed E-state index contributed by atoms with van der Waals surface area (Å²) in [6.45, 7) is 0. The van der Waals surface area contributed by atoms with Crippen LogP contribution in [0, 0.1) is 0 Å². The van der Waals surface area contributed by atoms with Gasteiger partial charge in [0.05, 0.1) is 17.8 Å². The van der Waals surface area contributed by atoms with Crippen LogP contribution in [0.15, 0.2) is 33.5 Å². The van der Waals surface area contributed by atoms with Gasteiger partial charge in [-0.15, -0.1) is 11.6 Å². The van der Waals surface area contributed by atoms with Crippen molar-refractivity contribution in [2.45, 2.75) is 5.88 Å². The summed E-state index contributed by atoms with van der Waals surface area (Å²) in [5.41, 5.74) is 0.728. The molecule has 0 radical (unpaired) electrons. The third kappa shape index (κ3) is 2.06. The average Bonchev–Trinajstić information content (AvgIpc) is 2.86. The van der Waals surface area contributed by atoms with E-state index in [0.29, 0.717) is 11.8 Å². The lowest BCUT2D eigenvalue weighted by Gasteiger charge is -1.82. The Balaban J connectivity index is 2.10. The number of furan rings is 1. The number of hydrogen-bond donors (Lipinski definition) is 0. The van der Waals surface area contributed by atoms with Crippen LogP contribution in [0.1, 0.15) is 17.3 Å². The van der Waals surface area contributed by atoms with Gasteiger partial charge in [-0.25, -0.2) is 4.98 Å². The van der Waals surface area contributed by atoms with Gasteiger partial charge in [0, 0.05) is 6.08 Å². The molecule has 0 N–H and O–H groups in total. The van der Waals surface area contributed by atoms with Crippen molar-refractivity contribution in [3.05, 3.63) is 42.0 Å². The van der Waals surface area contributed by atoms with E-state index in [9.17, 15) is 0 Å². The molecule has 0 atom stereocenters. The number of nitrogens with zero attached hydrogens (tertiary/aromatic N) is 1. The van der Waals surface area contributed by atoms with Crippen LogP contribution in [0.5, 0.6) is 0 Å². The van der Waals surface area contributed by atoms with Gasteiger partial charge in [-0.05, 0) is 18.2 Å². The van der Waals surface area contributed by atoms with E-state index in [2.05, 4.69) is 4.98 Å². The molecule has 4 heteroatoms. The zero-order valence-electron chi connectivity index (χ0n) is 7.31. The summed E-state index contributed by atoms with van der Waals surface area (Å²) in [4.78, 5) is 4.10. The summed E-state index contributed by atoms with van der Waals surface area (Å²) in [6, 6.07) is 3.67. The Morgan fingerprint density at radius 1 is 1.36 bits per heavy atom. The molecule has 3 nitrogen and oxygen atoms in total. The molecule has 2 aromatic rings. The van der Waals surface area contributed by atoms with Crippen molar-refractivity contribution >= 4 is 23.8 Å². The standard InChI is InChI=1S/C10H8ClNO2/c11-6-8-7-14-10(12-8)4-3-9-2-1-5-13-9/h1-5,7H,6H2. The molecule has 72 valence electrons. The lowest BCUT2D eigenvalue weighted by molar-refractivity contribution is 0.544. The molecule has 0 aromatic carbocycles. The molecular formula is C10H8ClNO2. The summed E-state index contributed by atoms with van der Waals surface area (Å²) < 4.78 is 10.2. The van der Waals surface area contributed by atoms with Crippen molar-refractivity contribution in [3.63, 3.8) is 0 Å². The van der Waals surface area contributed by atoms with Crippen molar-refractivity contribution in [3.8, 4) is 0 Å². The van der Waals surface area contributed by atoms with E-state index in [1.807, 2.05) is 12.1 Å². The van der Waals surface area contributed by atoms with Crippen LogP contribution in [0.4, 0.5) is 0 Å². The number of halogens is 1. The highest BCUT2D eigenvalue weighted by molar-refractivity contribution is 6.16. The highest BCUT2D eigenvalue weighted by Gasteiger charge is 1.98. The smallest absolute Gasteiger partial charge is 0.218 e. The molecular weight excluding hydrogens is 202 g/mol. The molecule has 0 saturated heterocycles. The maximum absolute atomic E-state index is 5.57. The molecule has 0 aliphatic heterocycles. The monoisotopic (exact) mass is 209 g/mol. The fraction of sp³-hybridized carbons (Fsp3) is 0.100. The van der Waals surface area contributed by atoms with Gasteiger partial charge in [0.15, 0.2) is 0 Å². The molecule has 2 aromatic heterocycles. The van der Waals surface area contributed by atoms with Crippen LogP contribution in [0.3, 0.4) is 0 Å². The first-order chi connectivity index (χ1) is 6.88. The maximum atomic E-state index is 5.57. The quantitative estimate of drug-likeness (QED) is 0.729. The maximum Gasteiger partial charge on any atom is 0.218 e. The van der Waals surface area contributed by atoms with Gasteiger partial charge in [0.1, 0.15) is 12.0 Å². The molecule has 2 rings (SSSR count). The highest BCUT2D eigenvalue weighted by atomic mass is 35.5. The van der Waals surface area contributed by atoms with E-state index >= 15 is 0 Å². The molecule has 14 heavy (non-hydrogen) atoms. The van der Waals surface area contributed by atoms with Crippen LogP contribution in [-0.2, 0) is 5.88 Å². The van der Waals surface area contributed by atoms with Crippen molar-refractivity contribution in [1.82, 2.24) is 4.98 Å². The first-order valence-electron chi connectivity index (χ1n) is 4.10. The zero-order valence-corrected chi connectivity index (χ0v) is 8.07. The number of hydrogen-bond acceptors (Lipinski definition) is 3. The van der Waals surface area contributed by atoms with Gasteiger partial charge in [-0.1, -0.05) is 0 Å². The Labute approximate surface area is 86.0 Å². The first-order valence-corrected chi connectivity index (χ1v) is 4.64. The predicted octanol–water partition coefficient (Wildman–Crippen LogP) is 3.18. The second kappa shape index (κ2) is 4.15. The van der Waals surface area contributed by atoms with Crippen molar-refractivity contribution < 1.29 is 8.83 Å². The summed E-state index contributed by atoms with van der Waals surface area (Å²) in [7, 11) is 0. The van der Waals surface area contributed by atoms with Gasteiger partial charge in [0.2, 0.25) is 5.89 Å². The third-order valence-electron chi connectivity index (χ3n) is 1.64. The number of alkyl halides is 1. The minimum Gasteiger partial charge on any atom is -0.465 e. The van der Waals surface area contributed by atoms with E-state index in [-0.39, 0.29) is 0 Å². The fourth-order valence-corrected chi connectivity index (χ4v) is 1.12. The zero-order chi connectivity index (χ0) is 9.80. The Kier molecular flexibility index (Phi) is 2.70. The van der Waals surface area contributed by atoms with Crippen LogP contribution < -0.4 is 0 Å². The van der Waals surface area contributed by atoms with E-state index in [1.54, 1.807) is 18.4 Å². The van der Waals surface area contributed by atoms with Crippen LogP contribution in [0.2, 0.25) is 0 Å². The van der Waals surface area contributed by atoms with E-state index < -0.39 is 0 Å². The molecule has 0 fully saturated rings. The minimum absolute atomic E-state index is 0.359.